The molecule has 3 aromatic rings. The number of halogens is 2. The van der Waals surface area contributed by atoms with E-state index in [0.717, 1.165) is 0 Å². The van der Waals surface area contributed by atoms with Gasteiger partial charge in [0.05, 0.1) is 19.0 Å². The van der Waals surface area contributed by atoms with Gasteiger partial charge in [0.2, 0.25) is 0 Å². The molecule has 0 N–H and O–H groups in total. The van der Waals surface area contributed by atoms with Gasteiger partial charge in [-0.3, -0.25) is 9.36 Å². The number of esters is 1. The number of hydrogen-bond donors (Lipinski definition) is 0. The fourth-order valence-electron chi connectivity index (χ4n) is 3.54. The van der Waals surface area contributed by atoms with Gasteiger partial charge in [-0.15, -0.1) is 0 Å². The van der Waals surface area contributed by atoms with Gasteiger partial charge in [0, 0.05) is 28.4 Å². The molecule has 1 atom stereocenters. The Balaban J connectivity index is 2.16. The molecule has 1 aromatic carbocycles. The van der Waals surface area contributed by atoms with Crippen molar-refractivity contribution in [2.24, 2.45) is 0 Å². The van der Waals surface area contributed by atoms with Gasteiger partial charge in [0.25, 0.3) is 5.56 Å². The van der Waals surface area contributed by atoms with E-state index in [-0.39, 0.29) is 5.56 Å². The number of rotatable bonds is 7. The Bertz CT molecular complexity index is 1210. The SMILES string of the molecule is CCCC(C(=O)OC(C)(C)C)n1cc(OC)c(-c2cc(Cl)ccc2-n2cnc(Cl)c2)cc1=O. The van der Waals surface area contributed by atoms with E-state index >= 15 is 0 Å². The summed E-state index contributed by atoms with van der Waals surface area (Å²) >= 11 is 12.3. The number of pyridine rings is 1. The van der Waals surface area contributed by atoms with Crippen molar-refractivity contribution in [3.63, 3.8) is 0 Å². The molecular weight excluding hydrogens is 465 g/mol. The van der Waals surface area contributed by atoms with Gasteiger partial charge in [0.1, 0.15) is 28.9 Å². The van der Waals surface area contributed by atoms with Gasteiger partial charge in [-0.1, -0.05) is 36.5 Å². The first-order chi connectivity index (χ1) is 15.5. The first-order valence-corrected chi connectivity index (χ1v) is 11.3. The largest absolute Gasteiger partial charge is 0.495 e. The lowest BCUT2D eigenvalue weighted by atomic mass is 10.0. The lowest BCUT2D eigenvalue weighted by Crippen LogP contribution is -2.34. The highest BCUT2D eigenvalue weighted by Gasteiger charge is 2.28. The molecule has 9 heteroatoms. The van der Waals surface area contributed by atoms with Gasteiger partial charge in [-0.2, -0.15) is 0 Å². The summed E-state index contributed by atoms with van der Waals surface area (Å²) in [6, 6.07) is 5.96. The zero-order valence-corrected chi connectivity index (χ0v) is 20.8. The molecule has 0 aliphatic carbocycles. The van der Waals surface area contributed by atoms with Gasteiger partial charge in [-0.05, 0) is 45.4 Å². The van der Waals surface area contributed by atoms with E-state index in [9.17, 15) is 9.59 Å². The van der Waals surface area contributed by atoms with Gasteiger partial charge in [0.15, 0.2) is 0 Å². The second kappa shape index (κ2) is 10.0. The molecule has 33 heavy (non-hydrogen) atoms. The molecule has 2 heterocycles. The molecule has 0 bridgehead atoms. The van der Waals surface area contributed by atoms with Crippen LogP contribution in [0.3, 0.4) is 0 Å². The minimum absolute atomic E-state index is 0.332. The third-order valence-electron chi connectivity index (χ3n) is 4.92. The maximum absolute atomic E-state index is 13.2. The van der Waals surface area contributed by atoms with Gasteiger partial charge < -0.3 is 14.0 Å². The molecule has 1 unspecified atom stereocenters. The van der Waals surface area contributed by atoms with Crippen LogP contribution in [0, 0.1) is 0 Å². The number of ether oxygens (including phenoxy) is 2. The summed E-state index contributed by atoms with van der Waals surface area (Å²) in [6.45, 7) is 7.33. The van der Waals surface area contributed by atoms with E-state index in [2.05, 4.69) is 4.98 Å². The van der Waals surface area contributed by atoms with E-state index < -0.39 is 17.6 Å². The predicted octanol–water partition coefficient (Wildman–Crippen LogP) is 5.70. The van der Waals surface area contributed by atoms with Crippen LogP contribution in [0.1, 0.15) is 46.6 Å². The van der Waals surface area contributed by atoms with Crippen LogP contribution in [0.15, 0.2) is 47.8 Å². The summed E-state index contributed by atoms with van der Waals surface area (Å²) in [5.74, 6) is -0.0493. The smallest absolute Gasteiger partial charge is 0.329 e. The summed E-state index contributed by atoms with van der Waals surface area (Å²) < 4.78 is 14.3. The number of nitrogens with zero attached hydrogens (tertiary/aromatic N) is 3. The third kappa shape index (κ3) is 5.78. The van der Waals surface area contributed by atoms with Crippen LogP contribution >= 0.6 is 23.2 Å². The molecule has 3 rings (SSSR count). The Morgan fingerprint density at radius 2 is 1.88 bits per heavy atom. The van der Waals surface area contributed by atoms with Crippen LogP contribution in [-0.2, 0) is 9.53 Å². The highest BCUT2D eigenvalue weighted by Crippen LogP contribution is 2.36. The summed E-state index contributed by atoms with van der Waals surface area (Å²) in [6.07, 6.45) is 5.92. The number of benzene rings is 1. The Morgan fingerprint density at radius 3 is 2.45 bits per heavy atom. The number of carbonyl (C=O) groups excluding carboxylic acids is 1. The molecule has 0 fully saturated rings. The number of imidazole rings is 1. The van der Waals surface area contributed by atoms with Crippen molar-refractivity contribution in [1.29, 1.82) is 0 Å². The van der Waals surface area contributed by atoms with Crippen LogP contribution in [0.4, 0.5) is 0 Å². The normalized spacial score (nSPS) is 12.5. The van der Waals surface area contributed by atoms with Crippen molar-refractivity contribution >= 4 is 29.2 Å². The minimum atomic E-state index is -0.768. The van der Waals surface area contributed by atoms with Crippen molar-refractivity contribution in [1.82, 2.24) is 14.1 Å². The quantitative estimate of drug-likeness (QED) is 0.396. The number of hydrogen-bond acceptors (Lipinski definition) is 5. The first-order valence-electron chi connectivity index (χ1n) is 10.6. The zero-order chi connectivity index (χ0) is 24.3. The molecule has 2 aromatic heterocycles. The molecular formula is C24H27Cl2N3O4. The van der Waals surface area contributed by atoms with Gasteiger partial charge in [-0.25, -0.2) is 9.78 Å². The molecule has 176 valence electrons. The maximum atomic E-state index is 13.2. The lowest BCUT2D eigenvalue weighted by Gasteiger charge is -2.25. The van der Waals surface area contributed by atoms with Crippen LogP contribution in [0.2, 0.25) is 10.2 Å². The van der Waals surface area contributed by atoms with E-state index in [1.165, 1.54) is 17.7 Å². The van der Waals surface area contributed by atoms with Crippen LogP contribution in [-0.4, -0.2) is 32.8 Å². The number of methoxy groups -OCH3 is 1. The average Bonchev–Trinajstić information content (AvgIpc) is 3.16. The summed E-state index contributed by atoms with van der Waals surface area (Å²) in [7, 11) is 1.51. The Hall–Kier alpha value is -2.77. The minimum Gasteiger partial charge on any atom is -0.495 e. The Kier molecular flexibility index (Phi) is 7.55. The lowest BCUT2D eigenvalue weighted by molar-refractivity contribution is -0.159. The topological polar surface area (TPSA) is 75.3 Å². The van der Waals surface area contributed by atoms with Crippen LogP contribution in [0.25, 0.3) is 16.8 Å². The summed E-state index contributed by atoms with van der Waals surface area (Å²) in [4.78, 5) is 30.2. The summed E-state index contributed by atoms with van der Waals surface area (Å²) in [5, 5.41) is 0.821. The fourth-order valence-corrected chi connectivity index (χ4v) is 3.86. The second-order valence-corrected chi connectivity index (χ2v) is 9.43. The van der Waals surface area contributed by atoms with Crippen molar-refractivity contribution in [3.05, 3.63) is 63.5 Å². The fraction of sp³-hybridized carbons (Fsp3) is 0.375. The molecule has 0 amide bonds. The van der Waals surface area contributed by atoms with Crippen molar-refractivity contribution in [2.45, 2.75) is 52.2 Å². The first kappa shape index (κ1) is 24.9. The van der Waals surface area contributed by atoms with Gasteiger partial charge >= 0.3 is 5.97 Å². The molecule has 0 spiro atoms. The predicted molar refractivity (Wildman–Crippen MR) is 130 cm³/mol. The van der Waals surface area contributed by atoms with E-state index in [1.807, 2.05) is 6.92 Å². The van der Waals surface area contributed by atoms with Crippen molar-refractivity contribution in [3.8, 4) is 22.6 Å². The van der Waals surface area contributed by atoms with E-state index in [0.29, 0.717) is 45.6 Å². The summed E-state index contributed by atoms with van der Waals surface area (Å²) in [5.41, 5.74) is 0.872. The van der Waals surface area contributed by atoms with Crippen LogP contribution in [0.5, 0.6) is 5.75 Å². The second-order valence-electron chi connectivity index (χ2n) is 8.60. The number of carbonyl (C=O) groups is 1. The van der Waals surface area contributed by atoms with E-state index in [1.54, 1.807) is 62.3 Å². The van der Waals surface area contributed by atoms with Crippen molar-refractivity contribution < 1.29 is 14.3 Å². The zero-order valence-electron chi connectivity index (χ0n) is 19.3. The molecule has 0 saturated carbocycles. The Morgan fingerprint density at radius 1 is 1.15 bits per heavy atom. The molecule has 0 aliphatic rings. The standard InChI is InChI=1S/C24H27Cl2N3O4/c1-6-7-19(23(31)33-24(2,3)4)29-12-20(32-5)17(11-22(29)30)16-10-15(25)8-9-18(16)28-13-21(26)27-14-28/h8-14,19H,6-7H2,1-5H3. The maximum Gasteiger partial charge on any atom is 0.329 e. The molecule has 0 saturated heterocycles. The highest BCUT2D eigenvalue weighted by atomic mass is 35.5. The molecule has 0 aliphatic heterocycles. The van der Waals surface area contributed by atoms with Crippen LogP contribution < -0.4 is 10.3 Å². The monoisotopic (exact) mass is 491 g/mol. The molecule has 7 nitrogen and oxygen atoms in total. The molecule has 0 radical (unpaired) electrons. The third-order valence-corrected chi connectivity index (χ3v) is 5.35. The van der Waals surface area contributed by atoms with Crippen molar-refractivity contribution in [2.75, 3.05) is 7.11 Å². The number of aromatic nitrogens is 3. The Labute approximate surface area is 202 Å². The highest BCUT2D eigenvalue weighted by molar-refractivity contribution is 6.31. The van der Waals surface area contributed by atoms with E-state index in [4.69, 9.17) is 32.7 Å². The average molecular weight is 492 g/mol.